The van der Waals surface area contributed by atoms with Crippen molar-refractivity contribution in [3.05, 3.63) is 66.1 Å². The SMILES string of the molecule is CC(=O)c1cccc(NC(=O)CSc2ncc(-c3ccc(F)cc3)[nH]2)c1. The first-order valence-electron chi connectivity index (χ1n) is 7.86. The van der Waals surface area contributed by atoms with Gasteiger partial charge in [-0.2, -0.15) is 0 Å². The Morgan fingerprint density at radius 1 is 1.19 bits per heavy atom. The molecule has 0 bridgehead atoms. The second-order valence-corrected chi connectivity index (χ2v) is 6.55. The van der Waals surface area contributed by atoms with Gasteiger partial charge in [0.25, 0.3) is 0 Å². The number of hydrogen-bond donors (Lipinski definition) is 2. The first-order chi connectivity index (χ1) is 12.5. The first-order valence-corrected chi connectivity index (χ1v) is 8.84. The minimum absolute atomic E-state index is 0.0561. The molecule has 0 unspecified atom stereocenters. The predicted molar refractivity (Wildman–Crippen MR) is 99.8 cm³/mol. The highest BCUT2D eigenvalue weighted by atomic mass is 32.2. The van der Waals surface area contributed by atoms with Gasteiger partial charge < -0.3 is 10.3 Å². The van der Waals surface area contributed by atoms with Crippen molar-refractivity contribution >= 4 is 29.1 Å². The number of amides is 1. The highest BCUT2D eigenvalue weighted by molar-refractivity contribution is 7.99. The molecule has 7 heteroatoms. The van der Waals surface area contributed by atoms with E-state index in [1.807, 2.05) is 0 Å². The first kappa shape index (κ1) is 17.9. The molecule has 0 spiro atoms. The third-order valence-corrected chi connectivity index (χ3v) is 4.49. The maximum atomic E-state index is 13.0. The maximum Gasteiger partial charge on any atom is 0.234 e. The van der Waals surface area contributed by atoms with E-state index in [9.17, 15) is 14.0 Å². The van der Waals surface area contributed by atoms with Crippen LogP contribution in [0.15, 0.2) is 59.9 Å². The fourth-order valence-electron chi connectivity index (χ4n) is 2.30. The summed E-state index contributed by atoms with van der Waals surface area (Å²) in [5.41, 5.74) is 2.69. The van der Waals surface area contributed by atoms with Gasteiger partial charge >= 0.3 is 0 Å². The molecule has 2 aromatic carbocycles. The van der Waals surface area contributed by atoms with Gasteiger partial charge in [-0.3, -0.25) is 9.59 Å². The van der Waals surface area contributed by atoms with Crippen molar-refractivity contribution in [3.63, 3.8) is 0 Å². The summed E-state index contributed by atoms with van der Waals surface area (Å²) < 4.78 is 13.0. The summed E-state index contributed by atoms with van der Waals surface area (Å²) in [6, 6.07) is 12.9. The lowest BCUT2D eigenvalue weighted by atomic mass is 10.1. The summed E-state index contributed by atoms with van der Waals surface area (Å²) in [6.45, 7) is 1.48. The summed E-state index contributed by atoms with van der Waals surface area (Å²) in [5, 5.41) is 3.35. The van der Waals surface area contributed by atoms with Crippen LogP contribution in [0.2, 0.25) is 0 Å². The molecule has 132 valence electrons. The predicted octanol–water partition coefficient (Wildman–Crippen LogP) is 4.15. The zero-order valence-electron chi connectivity index (χ0n) is 14.0. The molecule has 0 aliphatic heterocycles. The zero-order chi connectivity index (χ0) is 18.5. The van der Waals surface area contributed by atoms with E-state index >= 15 is 0 Å². The van der Waals surface area contributed by atoms with Crippen LogP contribution < -0.4 is 5.32 Å². The minimum atomic E-state index is -0.298. The van der Waals surface area contributed by atoms with Crippen molar-refractivity contribution in [2.45, 2.75) is 12.1 Å². The molecule has 0 radical (unpaired) electrons. The number of nitrogens with zero attached hydrogens (tertiary/aromatic N) is 1. The quantitative estimate of drug-likeness (QED) is 0.506. The highest BCUT2D eigenvalue weighted by Gasteiger charge is 2.09. The molecule has 5 nitrogen and oxygen atoms in total. The fourth-order valence-corrected chi connectivity index (χ4v) is 2.95. The van der Waals surface area contributed by atoms with Crippen LogP contribution in [0.3, 0.4) is 0 Å². The molecule has 0 atom stereocenters. The lowest BCUT2D eigenvalue weighted by Crippen LogP contribution is -2.14. The molecule has 3 rings (SSSR count). The molecule has 0 saturated heterocycles. The van der Waals surface area contributed by atoms with Crippen molar-refractivity contribution in [2.75, 3.05) is 11.1 Å². The number of halogens is 1. The van der Waals surface area contributed by atoms with Crippen molar-refractivity contribution in [1.29, 1.82) is 0 Å². The van der Waals surface area contributed by atoms with Gasteiger partial charge in [0, 0.05) is 11.3 Å². The standard InChI is InChI=1S/C19H16FN3O2S/c1-12(24)14-3-2-4-16(9-14)22-18(25)11-26-19-21-10-17(23-19)13-5-7-15(20)8-6-13/h2-10H,11H2,1H3,(H,21,23)(H,22,25). The molecule has 1 aromatic heterocycles. The number of carbonyl (C=O) groups excluding carboxylic acids is 2. The van der Waals surface area contributed by atoms with Gasteiger partial charge in [0.1, 0.15) is 5.82 Å². The normalized spacial score (nSPS) is 10.5. The van der Waals surface area contributed by atoms with Crippen LogP contribution in [-0.2, 0) is 4.79 Å². The average molecular weight is 369 g/mol. The van der Waals surface area contributed by atoms with Crippen LogP contribution in [0.4, 0.5) is 10.1 Å². The second kappa shape index (κ2) is 7.97. The van der Waals surface area contributed by atoms with Crippen LogP contribution in [0.25, 0.3) is 11.3 Å². The van der Waals surface area contributed by atoms with Gasteiger partial charge in [-0.05, 0) is 48.9 Å². The summed E-state index contributed by atoms with van der Waals surface area (Å²) in [4.78, 5) is 30.8. The Balaban J connectivity index is 1.57. The summed E-state index contributed by atoms with van der Waals surface area (Å²) in [5.74, 6) is -0.385. The zero-order valence-corrected chi connectivity index (χ0v) is 14.8. The maximum absolute atomic E-state index is 13.0. The van der Waals surface area contributed by atoms with Gasteiger partial charge in [-0.25, -0.2) is 9.37 Å². The molecule has 1 heterocycles. The van der Waals surface area contributed by atoms with Crippen molar-refractivity contribution in [3.8, 4) is 11.3 Å². The van der Waals surface area contributed by atoms with Gasteiger partial charge in [-0.1, -0.05) is 23.9 Å². The number of benzene rings is 2. The number of carbonyl (C=O) groups is 2. The number of H-pyrrole nitrogens is 1. The van der Waals surface area contributed by atoms with Gasteiger partial charge in [-0.15, -0.1) is 0 Å². The van der Waals surface area contributed by atoms with E-state index < -0.39 is 0 Å². The average Bonchev–Trinajstić information content (AvgIpc) is 3.10. The number of ketones is 1. The third-order valence-electron chi connectivity index (χ3n) is 3.60. The number of aromatic nitrogens is 2. The number of imidazole rings is 1. The van der Waals surface area contributed by atoms with E-state index in [1.54, 1.807) is 42.6 Å². The molecular weight excluding hydrogens is 353 g/mol. The van der Waals surface area contributed by atoms with E-state index in [1.165, 1.54) is 30.8 Å². The molecular formula is C19H16FN3O2S. The number of Topliss-reactive ketones (excluding diaryl/α,β-unsaturated/α-hetero) is 1. The van der Waals surface area contributed by atoms with Crippen molar-refractivity contribution in [2.24, 2.45) is 0 Å². The Hall–Kier alpha value is -2.93. The third kappa shape index (κ3) is 4.58. The number of thioether (sulfide) groups is 1. The van der Waals surface area contributed by atoms with Crippen LogP contribution in [0.1, 0.15) is 17.3 Å². The number of anilines is 1. The minimum Gasteiger partial charge on any atom is -0.333 e. The largest absolute Gasteiger partial charge is 0.333 e. The smallest absolute Gasteiger partial charge is 0.234 e. The summed E-state index contributed by atoms with van der Waals surface area (Å²) in [7, 11) is 0. The molecule has 0 aliphatic rings. The number of rotatable bonds is 6. The van der Waals surface area contributed by atoms with E-state index in [-0.39, 0.29) is 23.3 Å². The molecule has 1 amide bonds. The van der Waals surface area contributed by atoms with Crippen LogP contribution >= 0.6 is 11.8 Å². The fraction of sp³-hybridized carbons (Fsp3) is 0.105. The lowest BCUT2D eigenvalue weighted by molar-refractivity contribution is -0.113. The lowest BCUT2D eigenvalue weighted by Gasteiger charge is -2.05. The van der Waals surface area contributed by atoms with Gasteiger partial charge in [0.15, 0.2) is 10.9 Å². The molecule has 26 heavy (non-hydrogen) atoms. The number of nitrogens with one attached hydrogen (secondary N) is 2. The van der Waals surface area contributed by atoms with Crippen molar-refractivity contribution < 1.29 is 14.0 Å². The van der Waals surface area contributed by atoms with Gasteiger partial charge in [0.05, 0.1) is 17.6 Å². The monoisotopic (exact) mass is 369 g/mol. The van der Waals surface area contributed by atoms with Gasteiger partial charge in [0.2, 0.25) is 5.91 Å². The van der Waals surface area contributed by atoms with E-state index in [4.69, 9.17) is 0 Å². The van der Waals surface area contributed by atoms with E-state index in [2.05, 4.69) is 15.3 Å². The topological polar surface area (TPSA) is 74.8 Å². The molecule has 3 aromatic rings. The molecule has 0 aliphatic carbocycles. The van der Waals surface area contributed by atoms with Crippen LogP contribution in [0, 0.1) is 5.82 Å². The summed E-state index contributed by atoms with van der Waals surface area (Å²) >= 11 is 1.26. The Kier molecular flexibility index (Phi) is 5.48. The Bertz CT molecular complexity index is 938. The van der Waals surface area contributed by atoms with E-state index in [0.29, 0.717) is 16.4 Å². The van der Waals surface area contributed by atoms with E-state index in [0.717, 1.165) is 11.3 Å². The highest BCUT2D eigenvalue weighted by Crippen LogP contribution is 2.22. The number of hydrogen-bond acceptors (Lipinski definition) is 4. The summed E-state index contributed by atoms with van der Waals surface area (Å²) in [6.07, 6.45) is 1.64. The Labute approximate surface area is 154 Å². The Morgan fingerprint density at radius 3 is 2.69 bits per heavy atom. The Morgan fingerprint density at radius 2 is 1.96 bits per heavy atom. The van der Waals surface area contributed by atoms with Crippen LogP contribution in [-0.4, -0.2) is 27.4 Å². The molecule has 0 fully saturated rings. The number of aromatic amines is 1. The van der Waals surface area contributed by atoms with Crippen LogP contribution in [0.5, 0.6) is 0 Å². The van der Waals surface area contributed by atoms with Crippen molar-refractivity contribution in [1.82, 2.24) is 9.97 Å². The molecule has 0 saturated carbocycles. The second-order valence-electron chi connectivity index (χ2n) is 5.58. The molecule has 2 N–H and O–H groups in total.